The fourth-order valence-corrected chi connectivity index (χ4v) is 0.996. The Morgan fingerprint density at radius 2 is 2.40 bits per heavy atom. The molecule has 5 nitrogen and oxygen atoms in total. The molecule has 1 atom stereocenters. The predicted molar refractivity (Wildman–Crippen MR) is 51.3 cm³/mol. The van der Waals surface area contributed by atoms with Crippen LogP contribution in [0.15, 0.2) is 12.3 Å². The smallest absolute Gasteiger partial charge is 0.339 e. The van der Waals surface area contributed by atoms with Crippen LogP contribution in [0.2, 0.25) is 0 Å². The lowest BCUT2D eigenvalue weighted by molar-refractivity contribution is 0.0697. The van der Waals surface area contributed by atoms with Crippen molar-refractivity contribution >= 4 is 11.8 Å². The quantitative estimate of drug-likeness (QED) is 0.687. The van der Waals surface area contributed by atoms with Crippen molar-refractivity contribution in [3.8, 4) is 0 Å². The Labute approximate surface area is 85.6 Å². The molecule has 1 unspecified atom stereocenters. The summed E-state index contributed by atoms with van der Waals surface area (Å²) in [5.74, 6) is -1.94. The van der Waals surface area contributed by atoms with E-state index in [0.29, 0.717) is 0 Å². The van der Waals surface area contributed by atoms with E-state index >= 15 is 0 Å². The lowest BCUT2D eigenvalue weighted by Crippen LogP contribution is -2.22. The summed E-state index contributed by atoms with van der Waals surface area (Å²) < 4.78 is 12.7. The molecule has 3 N–H and O–H groups in total. The molecule has 0 spiro atoms. The van der Waals surface area contributed by atoms with Crippen molar-refractivity contribution < 1.29 is 19.4 Å². The lowest BCUT2D eigenvalue weighted by atomic mass is 10.2. The molecule has 1 aromatic rings. The highest BCUT2D eigenvalue weighted by molar-refractivity contribution is 5.93. The number of aliphatic hydroxyl groups is 1. The van der Waals surface area contributed by atoms with Crippen LogP contribution in [-0.2, 0) is 0 Å². The normalized spacial score (nSPS) is 12.2. The Balaban J connectivity index is 3.01. The third-order valence-electron chi connectivity index (χ3n) is 1.74. The summed E-state index contributed by atoms with van der Waals surface area (Å²) in [5, 5.41) is 20.2. The molecule has 0 aliphatic rings. The minimum atomic E-state index is -1.27. The first-order valence-corrected chi connectivity index (χ1v) is 4.31. The molecule has 0 bridgehead atoms. The molecule has 1 rings (SSSR count). The number of anilines is 1. The van der Waals surface area contributed by atoms with Crippen LogP contribution in [0.1, 0.15) is 17.3 Å². The molecule has 0 amide bonds. The molecule has 0 radical (unpaired) electrons. The maximum atomic E-state index is 12.7. The second-order valence-corrected chi connectivity index (χ2v) is 3.08. The van der Waals surface area contributed by atoms with Gasteiger partial charge in [-0.1, -0.05) is 0 Å². The Morgan fingerprint density at radius 3 is 2.93 bits per heavy atom. The molecule has 0 fully saturated rings. The summed E-state index contributed by atoms with van der Waals surface area (Å²) in [7, 11) is 0. The van der Waals surface area contributed by atoms with Crippen LogP contribution in [0, 0.1) is 5.82 Å². The van der Waals surface area contributed by atoms with Crippen LogP contribution >= 0.6 is 0 Å². The molecule has 0 saturated carbocycles. The van der Waals surface area contributed by atoms with Gasteiger partial charge in [-0.05, 0) is 13.0 Å². The van der Waals surface area contributed by atoms with Crippen molar-refractivity contribution in [1.29, 1.82) is 0 Å². The summed E-state index contributed by atoms with van der Waals surface area (Å²) in [6.07, 6.45) is 0.916. The van der Waals surface area contributed by atoms with Crippen molar-refractivity contribution in [3.05, 3.63) is 23.6 Å². The first-order chi connectivity index (χ1) is 7.04. The number of nitrogens with zero attached hydrogens (tertiary/aromatic N) is 1. The fourth-order valence-electron chi connectivity index (χ4n) is 0.996. The number of hydrogen-bond donors (Lipinski definition) is 3. The molecule has 0 aromatic carbocycles. The van der Waals surface area contributed by atoms with Gasteiger partial charge in [0.15, 0.2) is 0 Å². The molecular formula is C9H11FN2O3. The standard InChI is InChI=1S/C9H11FN2O3/c1-5(4-13)12-8-7(9(14)15)2-6(10)3-11-8/h2-3,5,13H,4H2,1H3,(H,11,12)(H,14,15). The number of carboxylic acid groups (broad SMARTS) is 1. The molecule has 15 heavy (non-hydrogen) atoms. The molecule has 0 aliphatic carbocycles. The van der Waals surface area contributed by atoms with Gasteiger partial charge in [0.1, 0.15) is 17.2 Å². The molecule has 6 heteroatoms. The van der Waals surface area contributed by atoms with Crippen molar-refractivity contribution in [1.82, 2.24) is 4.98 Å². The van der Waals surface area contributed by atoms with Crippen molar-refractivity contribution in [2.24, 2.45) is 0 Å². The number of carbonyl (C=O) groups is 1. The van der Waals surface area contributed by atoms with E-state index in [-0.39, 0.29) is 24.0 Å². The highest BCUT2D eigenvalue weighted by Gasteiger charge is 2.14. The number of aromatic carboxylic acids is 1. The number of halogens is 1. The van der Waals surface area contributed by atoms with E-state index in [4.69, 9.17) is 10.2 Å². The van der Waals surface area contributed by atoms with Gasteiger partial charge in [0.25, 0.3) is 0 Å². The summed E-state index contributed by atoms with van der Waals surface area (Å²) in [6.45, 7) is 1.48. The van der Waals surface area contributed by atoms with Gasteiger partial charge in [0.05, 0.1) is 12.8 Å². The van der Waals surface area contributed by atoms with Gasteiger partial charge in [-0.3, -0.25) is 0 Å². The first-order valence-electron chi connectivity index (χ1n) is 4.31. The van der Waals surface area contributed by atoms with Crippen LogP contribution in [0.5, 0.6) is 0 Å². The predicted octanol–water partition coefficient (Wildman–Crippen LogP) is 0.712. The van der Waals surface area contributed by atoms with E-state index in [1.54, 1.807) is 6.92 Å². The van der Waals surface area contributed by atoms with Gasteiger partial charge in [0, 0.05) is 6.04 Å². The van der Waals surface area contributed by atoms with Gasteiger partial charge in [-0.25, -0.2) is 14.2 Å². The number of aliphatic hydroxyl groups excluding tert-OH is 1. The van der Waals surface area contributed by atoms with Gasteiger partial charge in [-0.15, -0.1) is 0 Å². The van der Waals surface area contributed by atoms with Gasteiger partial charge < -0.3 is 15.5 Å². The second-order valence-electron chi connectivity index (χ2n) is 3.08. The third-order valence-corrected chi connectivity index (χ3v) is 1.74. The zero-order valence-corrected chi connectivity index (χ0v) is 8.07. The number of hydrogen-bond acceptors (Lipinski definition) is 4. The average molecular weight is 214 g/mol. The molecular weight excluding hydrogens is 203 g/mol. The number of rotatable bonds is 4. The number of aromatic nitrogens is 1. The SMILES string of the molecule is CC(CO)Nc1ncc(F)cc1C(=O)O. The van der Waals surface area contributed by atoms with Crippen LogP contribution in [0.4, 0.5) is 10.2 Å². The van der Waals surface area contributed by atoms with Gasteiger partial charge in [0.2, 0.25) is 0 Å². The summed E-state index contributed by atoms with van der Waals surface area (Å²) in [5.41, 5.74) is -0.254. The summed E-state index contributed by atoms with van der Waals surface area (Å²) in [6, 6.07) is 0.531. The zero-order valence-electron chi connectivity index (χ0n) is 8.07. The fraction of sp³-hybridized carbons (Fsp3) is 0.333. The van der Waals surface area contributed by atoms with Gasteiger partial charge in [-0.2, -0.15) is 0 Å². The van der Waals surface area contributed by atoms with E-state index in [1.807, 2.05) is 0 Å². The van der Waals surface area contributed by atoms with Crippen molar-refractivity contribution in [3.63, 3.8) is 0 Å². The van der Waals surface area contributed by atoms with Crippen molar-refractivity contribution in [2.75, 3.05) is 11.9 Å². The van der Waals surface area contributed by atoms with Crippen molar-refractivity contribution in [2.45, 2.75) is 13.0 Å². The lowest BCUT2D eigenvalue weighted by Gasteiger charge is -2.13. The zero-order chi connectivity index (χ0) is 11.4. The number of carboxylic acids is 1. The first kappa shape index (κ1) is 11.4. The summed E-state index contributed by atoms with van der Waals surface area (Å²) in [4.78, 5) is 14.3. The van der Waals surface area contributed by atoms with E-state index in [0.717, 1.165) is 12.3 Å². The minimum absolute atomic E-state index is 0.0467. The summed E-state index contributed by atoms with van der Waals surface area (Å²) >= 11 is 0. The minimum Gasteiger partial charge on any atom is -0.478 e. The number of nitrogens with one attached hydrogen (secondary N) is 1. The Hall–Kier alpha value is -1.69. The molecule has 1 heterocycles. The molecule has 1 aromatic heterocycles. The second kappa shape index (κ2) is 4.70. The number of pyridine rings is 1. The van der Waals surface area contributed by atoms with Crippen LogP contribution < -0.4 is 5.32 Å². The van der Waals surface area contributed by atoms with E-state index in [9.17, 15) is 9.18 Å². The Bertz CT molecular complexity index is 370. The average Bonchev–Trinajstić information content (AvgIpc) is 2.20. The topological polar surface area (TPSA) is 82.5 Å². The van der Waals surface area contributed by atoms with Gasteiger partial charge >= 0.3 is 5.97 Å². The molecule has 0 saturated heterocycles. The molecule has 82 valence electrons. The van der Waals surface area contributed by atoms with E-state index in [1.165, 1.54) is 0 Å². The Morgan fingerprint density at radius 1 is 1.73 bits per heavy atom. The van der Waals surface area contributed by atoms with E-state index < -0.39 is 11.8 Å². The highest BCUT2D eigenvalue weighted by atomic mass is 19.1. The van der Waals surface area contributed by atoms with Crippen LogP contribution in [-0.4, -0.2) is 33.8 Å². The monoisotopic (exact) mass is 214 g/mol. The Kier molecular flexibility index (Phi) is 3.56. The molecule has 0 aliphatic heterocycles. The largest absolute Gasteiger partial charge is 0.478 e. The maximum absolute atomic E-state index is 12.7. The van der Waals surface area contributed by atoms with E-state index in [2.05, 4.69) is 10.3 Å². The van der Waals surface area contributed by atoms with Crippen LogP contribution in [0.25, 0.3) is 0 Å². The van der Waals surface area contributed by atoms with Crippen LogP contribution in [0.3, 0.4) is 0 Å². The maximum Gasteiger partial charge on any atom is 0.339 e. The highest BCUT2D eigenvalue weighted by Crippen LogP contribution is 2.14. The third kappa shape index (κ3) is 2.88.